The third kappa shape index (κ3) is 44.5. The number of allylic oxidation sites excluding steroid dienone is 6. The maximum absolute atomic E-state index is 13.2. The summed E-state index contributed by atoms with van der Waals surface area (Å²) in [6, 6.07) is -0.710. The van der Waals surface area contributed by atoms with Gasteiger partial charge in [0.15, 0.2) is 0 Å². The van der Waals surface area contributed by atoms with E-state index in [-0.39, 0.29) is 24.9 Å². The summed E-state index contributed by atoms with van der Waals surface area (Å²) in [5.41, 5.74) is 0. The summed E-state index contributed by atoms with van der Waals surface area (Å²) >= 11 is 0. The monoisotopic (exact) mass is 858 g/mol. The average Bonchev–Trinajstić information content (AvgIpc) is 3.25. The number of amides is 1. The van der Waals surface area contributed by atoms with Gasteiger partial charge in [-0.25, -0.2) is 0 Å². The number of unbranched alkanes of at least 4 members (excludes halogenated alkanes) is 30. The molecule has 6 heteroatoms. The highest BCUT2D eigenvalue weighted by Crippen LogP contribution is 2.18. The summed E-state index contributed by atoms with van der Waals surface area (Å²) in [7, 11) is 0. The fraction of sp³-hybridized carbons (Fsp3) is 0.855. The van der Waals surface area contributed by atoms with Gasteiger partial charge in [-0.3, -0.25) is 9.59 Å². The number of hydrogen-bond acceptors (Lipinski definition) is 5. The molecule has 6 nitrogen and oxygen atoms in total. The predicted octanol–water partition coefficient (Wildman–Crippen LogP) is 16.1. The zero-order valence-corrected chi connectivity index (χ0v) is 40.8. The molecular weight excluding hydrogens is 755 g/mol. The SMILES string of the molecule is CC/C=C/C/C=C/C/C=C/CCCCC(CC(=O)NC(CO)C(O)CCCCCCCCCCCCCCCCC)OC(=O)CCCCCCCCCCCCCCCCC. The van der Waals surface area contributed by atoms with Gasteiger partial charge < -0.3 is 20.3 Å². The van der Waals surface area contributed by atoms with Gasteiger partial charge in [0, 0.05) is 6.42 Å². The van der Waals surface area contributed by atoms with E-state index in [1.54, 1.807) is 0 Å². The van der Waals surface area contributed by atoms with Gasteiger partial charge in [-0.2, -0.15) is 0 Å². The molecule has 0 aromatic heterocycles. The van der Waals surface area contributed by atoms with Crippen LogP contribution in [0, 0.1) is 0 Å². The fourth-order valence-electron chi connectivity index (χ4n) is 8.21. The number of carbonyl (C=O) groups excluding carboxylic acids is 2. The normalized spacial score (nSPS) is 13.5. The predicted molar refractivity (Wildman–Crippen MR) is 264 cm³/mol. The van der Waals surface area contributed by atoms with Gasteiger partial charge in [-0.05, 0) is 57.8 Å². The summed E-state index contributed by atoms with van der Waals surface area (Å²) in [4.78, 5) is 26.1. The standard InChI is InChI=1S/C55H103NO5/c1-4-7-10-13-16-19-22-25-27-29-32-35-38-41-44-47-53(58)52(50-57)56-54(59)49-51(46-43-40-37-34-31-24-21-18-15-12-9-6-3)61-55(60)48-45-42-39-36-33-30-28-26-23-20-17-14-11-8-5-2/h9,12,18,21,31,34,51-53,57-58H,4-8,10-11,13-17,19-20,22-30,32-33,35-50H2,1-3H3,(H,56,59)/b12-9+,21-18+,34-31+. The molecule has 0 aromatic carbocycles. The number of esters is 1. The Labute approximate surface area is 379 Å². The second-order valence-electron chi connectivity index (χ2n) is 18.3. The molecule has 1 amide bonds. The number of rotatable bonds is 48. The Balaban J connectivity index is 4.53. The number of aliphatic hydroxyl groups is 2. The average molecular weight is 858 g/mol. The molecule has 0 saturated carbocycles. The topological polar surface area (TPSA) is 95.9 Å². The largest absolute Gasteiger partial charge is 0.462 e. The molecule has 61 heavy (non-hydrogen) atoms. The Morgan fingerprint density at radius 3 is 1.33 bits per heavy atom. The Kier molecular flexibility index (Phi) is 47.6. The van der Waals surface area contributed by atoms with Crippen LogP contribution in [0.5, 0.6) is 0 Å². The number of hydrogen-bond donors (Lipinski definition) is 3. The molecule has 0 rings (SSSR count). The summed E-state index contributed by atoms with van der Waals surface area (Å²) in [5, 5.41) is 23.8. The van der Waals surface area contributed by atoms with Crippen molar-refractivity contribution in [1.29, 1.82) is 0 Å². The van der Waals surface area contributed by atoms with E-state index in [4.69, 9.17) is 4.74 Å². The lowest BCUT2D eigenvalue weighted by molar-refractivity contribution is -0.151. The molecule has 3 unspecified atom stereocenters. The van der Waals surface area contributed by atoms with Crippen molar-refractivity contribution in [2.24, 2.45) is 0 Å². The van der Waals surface area contributed by atoms with Crippen LogP contribution in [0.4, 0.5) is 0 Å². The lowest BCUT2D eigenvalue weighted by Gasteiger charge is -2.24. The second-order valence-corrected chi connectivity index (χ2v) is 18.3. The first-order valence-electron chi connectivity index (χ1n) is 26.7. The smallest absolute Gasteiger partial charge is 0.306 e. The zero-order valence-electron chi connectivity index (χ0n) is 40.8. The van der Waals surface area contributed by atoms with Gasteiger partial charge in [-0.15, -0.1) is 0 Å². The van der Waals surface area contributed by atoms with Crippen LogP contribution in [0.2, 0.25) is 0 Å². The van der Waals surface area contributed by atoms with E-state index in [1.807, 2.05) is 0 Å². The lowest BCUT2D eigenvalue weighted by Crippen LogP contribution is -2.46. The number of carbonyl (C=O) groups is 2. The number of ether oxygens (including phenoxy) is 1. The molecule has 0 fully saturated rings. The molecule has 0 aliphatic rings. The van der Waals surface area contributed by atoms with Crippen LogP contribution < -0.4 is 5.32 Å². The maximum Gasteiger partial charge on any atom is 0.306 e. The van der Waals surface area contributed by atoms with Crippen molar-refractivity contribution < 1.29 is 24.5 Å². The molecule has 3 atom stereocenters. The van der Waals surface area contributed by atoms with Crippen LogP contribution in [-0.2, 0) is 14.3 Å². The number of nitrogens with one attached hydrogen (secondary N) is 1. The van der Waals surface area contributed by atoms with E-state index in [2.05, 4.69) is 62.5 Å². The van der Waals surface area contributed by atoms with Gasteiger partial charge in [0.1, 0.15) is 6.10 Å². The minimum Gasteiger partial charge on any atom is -0.462 e. The van der Waals surface area contributed by atoms with Crippen molar-refractivity contribution in [2.75, 3.05) is 6.61 Å². The Hall–Kier alpha value is -1.92. The Bertz CT molecular complexity index is 1010. The van der Waals surface area contributed by atoms with Crippen molar-refractivity contribution in [1.82, 2.24) is 5.32 Å². The van der Waals surface area contributed by atoms with Gasteiger partial charge in [0.05, 0.1) is 25.2 Å². The van der Waals surface area contributed by atoms with Gasteiger partial charge in [0.25, 0.3) is 0 Å². The van der Waals surface area contributed by atoms with E-state index < -0.39 is 18.2 Å². The molecule has 0 radical (unpaired) electrons. The molecular formula is C55H103NO5. The van der Waals surface area contributed by atoms with Crippen molar-refractivity contribution in [3.05, 3.63) is 36.5 Å². The lowest BCUT2D eigenvalue weighted by atomic mass is 10.0. The molecule has 0 bridgehead atoms. The van der Waals surface area contributed by atoms with Crippen LogP contribution in [0.3, 0.4) is 0 Å². The molecule has 0 aromatic rings. The van der Waals surface area contributed by atoms with E-state index in [9.17, 15) is 19.8 Å². The van der Waals surface area contributed by atoms with Crippen LogP contribution in [0.15, 0.2) is 36.5 Å². The van der Waals surface area contributed by atoms with Gasteiger partial charge in [0.2, 0.25) is 5.91 Å². The minimum atomic E-state index is -0.795. The second kappa shape index (κ2) is 49.1. The highest BCUT2D eigenvalue weighted by atomic mass is 16.5. The van der Waals surface area contributed by atoms with Crippen molar-refractivity contribution in [3.63, 3.8) is 0 Å². The fourth-order valence-corrected chi connectivity index (χ4v) is 8.21. The van der Waals surface area contributed by atoms with Crippen molar-refractivity contribution in [2.45, 2.75) is 296 Å². The van der Waals surface area contributed by atoms with E-state index in [0.717, 1.165) is 77.0 Å². The van der Waals surface area contributed by atoms with Crippen LogP contribution in [-0.4, -0.2) is 46.9 Å². The molecule has 0 spiro atoms. The highest BCUT2D eigenvalue weighted by molar-refractivity contribution is 5.77. The van der Waals surface area contributed by atoms with E-state index in [1.165, 1.54) is 154 Å². The summed E-state index contributed by atoms with van der Waals surface area (Å²) in [6.45, 7) is 6.38. The van der Waals surface area contributed by atoms with E-state index in [0.29, 0.717) is 19.3 Å². The molecule has 0 saturated heterocycles. The molecule has 0 aliphatic carbocycles. The van der Waals surface area contributed by atoms with Crippen molar-refractivity contribution >= 4 is 11.9 Å². The van der Waals surface area contributed by atoms with Crippen LogP contribution >= 0.6 is 0 Å². The van der Waals surface area contributed by atoms with Gasteiger partial charge in [-0.1, -0.05) is 243 Å². The van der Waals surface area contributed by atoms with Crippen LogP contribution in [0.25, 0.3) is 0 Å². The summed E-state index contributed by atoms with van der Waals surface area (Å²) < 4.78 is 5.92. The summed E-state index contributed by atoms with van der Waals surface area (Å²) in [6.07, 6.45) is 57.8. The molecule has 0 heterocycles. The Morgan fingerprint density at radius 1 is 0.492 bits per heavy atom. The first-order chi connectivity index (χ1) is 30.0. The van der Waals surface area contributed by atoms with Gasteiger partial charge >= 0.3 is 5.97 Å². The molecule has 358 valence electrons. The number of aliphatic hydroxyl groups excluding tert-OH is 2. The van der Waals surface area contributed by atoms with Crippen LogP contribution in [0.1, 0.15) is 278 Å². The summed E-state index contributed by atoms with van der Waals surface area (Å²) in [5.74, 6) is -0.500. The first-order valence-corrected chi connectivity index (χ1v) is 26.7. The third-order valence-corrected chi connectivity index (χ3v) is 12.2. The molecule has 0 aliphatic heterocycles. The first kappa shape index (κ1) is 59.1. The third-order valence-electron chi connectivity index (χ3n) is 12.2. The maximum atomic E-state index is 13.2. The highest BCUT2D eigenvalue weighted by Gasteiger charge is 2.24. The quantitative estimate of drug-likeness (QED) is 0.0322. The minimum absolute atomic E-state index is 0.0554. The van der Waals surface area contributed by atoms with Crippen molar-refractivity contribution in [3.8, 4) is 0 Å². The van der Waals surface area contributed by atoms with E-state index >= 15 is 0 Å². The zero-order chi connectivity index (χ0) is 44.5. The molecule has 3 N–H and O–H groups in total. The Morgan fingerprint density at radius 2 is 0.885 bits per heavy atom.